The lowest BCUT2D eigenvalue weighted by Crippen LogP contribution is -2.43. The van der Waals surface area contributed by atoms with Crippen molar-refractivity contribution < 1.29 is 13.5 Å². The van der Waals surface area contributed by atoms with Gasteiger partial charge in [0.2, 0.25) is 10.0 Å². The van der Waals surface area contributed by atoms with Crippen molar-refractivity contribution in [2.24, 2.45) is 0 Å². The Hall–Kier alpha value is -0.330. The molecule has 0 unspecified atom stereocenters. The van der Waals surface area contributed by atoms with Gasteiger partial charge in [-0.2, -0.15) is 0 Å². The van der Waals surface area contributed by atoms with Crippen LogP contribution in [-0.4, -0.2) is 25.7 Å². The van der Waals surface area contributed by atoms with Gasteiger partial charge in [-0.05, 0) is 38.5 Å². The van der Waals surface area contributed by atoms with Crippen LogP contribution in [0.1, 0.15) is 20.3 Å². The zero-order valence-corrected chi connectivity index (χ0v) is 12.4. The largest absolute Gasteiger partial charge is 0.396 e. The summed E-state index contributed by atoms with van der Waals surface area (Å²) in [5.41, 5.74) is -0.765. The molecule has 0 aliphatic carbocycles. The monoisotopic (exact) mass is 311 g/mol. The van der Waals surface area contributed by atoms with E-state index in [-0.39, 0.29) is 16.5 Å². The average Bonchev–Trinajstić information content (AvgIpc) is 2.19. The van der Waals surface area contributed by atoms with E-state index < -0.39 is 15.6 Å². The third-order valence-corrected chi connectivity index (χ3v) is 4.75. The van der Waals surface area contributed by atoms with Crippen molar-refractivity contribution in [2.45, 2.75) is 30.7 Å². The van der Waals surface area contributed by atoms with Crippen LogP contribution in [0, 0.1) is 0 Å². The molecule has 1 aromatic rings. The highest BCUT2D eigenvalue weighted by Gasteiger charge is 2.27. The lowest BCUT2D eigenvalue weighted by molar-refractivity contribution is 0.246. The first-order chi connectivity index (χ1) is 8.18. The zero-order chi connectivity index (χ0) is 14.0. The van der Waals surface area contributed by atoms with Gasteiger partial charge < -0.3 is 5.11 Å². The SMILES string of the molecule is CC(C)(CCO)NS(=O)(=O)c1cc(Cl)ccc1Cl. The van der Waals surface area contributed by atoms with Gasteiger partial charge in [-0.3, -0.25) is 0 Å². The van der Waals surface area contributed by atoms with Gasteiger partial charge in [0.25, 0.3) is 0 Å². The molecule has 0 amide bonds. The molecule has 1 aromatic carbocycles. The predicted octanol–water partition coefficient (Wildman–Crippen LogP) is 2.43. The van der Waals surface area contributed by atoms with Crippen LogP contribution in [0.5, 0.6) is 0 Å². The molecule has 0 heterocycles. The highest BCUT2D eigenvalue weighted by molar-refractivity contribution is 7.89. The van der Waals surface area contributed by atoms with Crippen LogP contribution in [0.25, 0.3) is 0 Å². The van der Waals surface area contributed by atoms with Crippen LogP contribution in [-0.2, 0) is 10.0 Å². The fraction of sp³-hybridized carbons (Fsp3) is 0.455. The summed E-state index contributed by atoms with van der Waals surface area (Å²) in [6.07, 6.45) is 0.296. The minimum absolute atomic E-state index is 0.0670. The topological polar surface area (TPSA) is 66.4 Å². The Bertz CT molecular complexity index is 529. The summed E-state index contributed by atoms with van der Waals surface area (Å²) in [6.45, 7) is 3.25. The van der Waals surface area contributed by atoms with E-state index in [4.69, 9.17) is 28.3 Å². The molecule has 4 nitrogen and oxygen atoms in total. The number of sulfonamides is 1. The van der Waals surface area contributed by atoms with Crippen LogP contribution < -0.4 is 4.72 Å². The van der Waals surface area contributed by atoms with Crippen LogP contribution in [0.4, 0.5) is 0 Å². The highest BCUT2D eigenvalue weighted by atomic mass is 35.5. The van der Waals surface area contributed by atoms with Crippen LogP contribution in [0.3, 0.4) is 0 Å². The number of benzene rings is 1. The van der Waals surface area contributed by atoms with E-state index in [9.17, 15) is 8.42 Å². The Morgan fingerprint density at radius 3 is 2.50 bits per heavy atom. The van der Waals surface area contributed by atoms with Crippen molar-refractivity contribution in [2.75, 3.05) is 6.61 Å². The van der Waals surface area contributed by atoms with Crippen molar-refractivity contribution in [1.82, 2.24) is 4.72 Å². The van der Waals surface area contributed by atoms with Gasteiger partial charge in [-0.25, -0.2) is 13.1 Å². The summed E-state index contributed by atoms with van der Waals surface area (Å²) in [6, 6.07) is 4.24. The molecule has 0 fully saturated rings. The number of hydrogen-bond donors (Lipinski definition) is 2. The van der Waals surface area contributed by atoms with Crippen LogP contribution in [0.15, 0.2) is 23.1 Å². The molecular weight excluding hydrogens is 297 g/mol. The van der Waals surface area contributed by atoms with E-state index in [0.717, 1.165) is 0 Å². The van der Waals surface area contributed by atoms with Crippen molar-refractivity contribution in [1.29, 1.82) is 0 Å². The Morgan fingerprint density at radius 1 is 1.33 bits per heavy atom. The fourth-order valence-corrected chi connectivity index (χ4v) is 3.64. The molecule has 0 bridgehead atoms. The molecule has 18 heavy (non-hydrogen) atoms. The zero-order valence-electron chi connectivity index (χ0n) is 10.1. The third-order valence-electron chi connectivity index (χ3n) is 2.33. The standard InChI is InChI=1S/C11H15Cl2NO3S/c1-11(2,5-6-15)14-18(16,17)10-7-8(12)3-4-9(10)13/h3-4,7,14-15H,5-6H2,1-2H3. The van der Waals surface area contributed by atoms with E-state index in [1.54, 1.807) is 13.8 Å². The lowest BCUT2D eigenvalue weighted by Gasteiger charge is -2.25. The maximum Gasteiger partial charge on any atom is 0.242 e. The van der Waals surface area contributed by atoms with E-state index >= 15 is 0 Å². The summed E-state index contributed by atoms with van der Waals surface area (Å²) < 4.78 is 26.8. The smallest absolute Gasteiger partial charge is 0.242 e. The molecule has 7 heteroatoms. The normalized spacial score (nSPS) is 12.7. The Morgan fingerprint density at radius 2 is 1.94 bits per heavy atom. The van der Waals surface area contributed by atoms with Gasteiger partial charge in [0.15, 0.2) is 0 Å². The minimum Gasteiger partial charge on any atom is -0.396 e. The Labute approximate surface area is 117 Å². The van der Waals surface area contributed by atoms with Gasteiger partial charge in [-0.15, -0.1) is 0 Å². The summed E-state index contributed by atoms with van der Waals surface area (Å²) >= 11 is 11.6. The molecule has 0 spiro atoms. The maximum absolute atomic E-state index is 12.2. The number of rotatable bonds is 5. The van der Waals surface area contributed by atoms with Crippen molar-refractivity contribution >= 4 is 33.2 Å². The molecule has 0 saturated heterocycles. The minimum atomic E-state index is -3.77. The number of hydrogen-bond acceptors (Lipinski definition) is 3. The lowest BCUT2D eigenvalue weighted by atomic mass is 10.0. The average molecular weight is 312 g/mol. The van der Waals surface area contributed by atoms with Crippen molar-refractivity contribution in [3.05, 3.63) is 28.2 Å². The molecule has 2 N–H and O–H groups in total. The molecule has 0 aromatic heterocycles. The number of nitrogens with one attached hydrogen (secondary N) is 1. The van der Waals surface area contributed by atoms with Crippen molar-refractivity contribution in [3.8, 4) is 0 Å². The molecule has 0 radical (unpaired) electrons. The summed E-state index contributed by atoms with van der Waals surface area (Å²) in [4.78, 5) is -0.0670. The summed E-state index contributed by atoms with van der Waals surface area (Å²) in [7, 11) is -3.77. The van der Waals surface area contributed by atoms with E-state index in [2.05, 4.69) is 4.72 Å². The van der Waals surface area contributed by atoms with E-state index in [1.165, 1.54) is 18.2 Å². The van der Waals surface area contributed by atoms with Crippen molar-refractivity contribution in [3.63, 3.8) is 0 Å². The number of halogens is 2. The Balaban J connectivity index is 3.11. The van der Waals surface area contributed by atoms with Gasteiger partial charge in [0.05, 0.1) is 5.02 Å². The number of aliphatic hydroxyl groups is 1. The molecule has 102 valence electrons. The Kier molecular flexibility index (Phi) is 5.03. The van der Waals surface area contributed by atoms with E-state index in [1.807, 2.05) is 0 Å². The van der Waals surface area contributed by atoms with Crippen LogP contribution in [0.2, 0.25) is 10.0 Å². The van der Waals surface area contributed by atoms with Gasteiger partial charge >= 0.3 is 0 Å². The quantitative estimate of drug-likeness (QED) is 0.877. The second-order valence-electron chi connectivity index (χ2n) is 4.54. The first-order valence-corrected chi connectivity index (χ1v) is 7.52. The summed E-state index contributed by atoms with van der Waals surface area (Å²) in [5.74, 6) is 0. The van der Waals surface area contributed by atoms with Gasteiger partial charge in [-0.1, -0.05) is 23.2 Å². The predicted molar refractivity (Wildman–Crippen MR) is 72.6 cm³/mol. The molecule has 0 atom stereocenters. The van der Waals surface area contributed by atoms with Gasteiger partial charge in [0, 0.05) is 17.2 Å². The second kappa shape index (κ2) is 5.75. The maximum atomic E-state index is 12.2. The highest BCUT2D eigenvalue weighted by Crippen LogP contribution is 2.26. The van der Waals surface area contributed by atoms with Gasteiger partial charge in [0.1, 0.15) is 4.90 Å². The summed E-state index contributed by atoms with van der Waals surface area (Å²) in [5, 5.41) is 9.28. The first-order valence-electron chi connectivity index (χ1n) is 5.28. The van der Waals surface area contributed by atoms with E-state index in [0.29, 0.717) is 11.4 Å². The molecule has 1 rings (SSSR count). The van der Waals surface area contributed by atoms with Crippen LogP contribution >= 0.6 is 23.2 Å². The number of aliphatic hydroxyl groups excluding tert-OH is 1. The molecule has 0 saturated carbocycles. The first kappa shape index (κ1) is 15.7. The fourth-order valence-electron chi connectivity index (χ4n) is 1.43. The molecule has 0 aliphatic rings. The third kappa shape index (κ3) is 4.10. The molecule has 0 aliphatic heterocycles. The second-order valence-corrected chi connectivity index (χ2v) is 7.03. The molecular formula is C11H15Cl2NO3S.